The Morgan fingerprint density at radius 3 is 2.57 bits per heavy atom. The first-order chi connectivity index (χ1) is 13.6. The summed E-state index contributed by atoms with van der Waals surface area (Å²) in [4.78, 5) is 24.4. The van der Waals surface area contributed by atoms with Crippen molar-refractivity contribution in [2.75, 3.05) is 13.2 Å². The third-order valence-corrected chi connectivity index (χ3v) is 4.51. The lowest BCUT2D eigenvalue weighted by molar-refractivity contribution is -0.129. The highest BCUT2D eigenvalue weighted by Gasteiger charge is 2.19. The second-order valence-electron chi connectivity index (χ2n) is 6.72. The molecular formula is C22H25NO5. The molecule has 0 spiro atoms. The molecule has 1 aliphatic heterocycles. The third-order valence-electron chi connectivity index (χ3n) is 4.51. The maximum atomic E-state index is 12.2. The van der Waals surface area contributed by atoms with Gasteiger partial charge in [-0.2, -0.15) is 0 Å². The summed E-state index contributed by atoms with van der Waals surface area (Å²) in [6.07, 6.45) is 1.33. The van der Waals surface area contributed by atoms with Crippen molar-refractivity contribution in [3.05, 3.63) is 65.7 Å². The van der Waals surface area contributed by atoms with Crippen LogP contribution in [0, 0.1) is 0 Å². The molecule has 0 aliphatic carbocycles. The third kappa shape index (κ3) is 5.82. The minimum atomic E-state index is -0.883. The number of esters is 1. The molecule has 1 N–H and O–H groups in total. The number of carbonyl (C=O) groups excluding carboxylic acids is 2. The molecule has 148 valence electrons. The second kappa shape index (κ2) is 9.90. The van der Waals surface area contributed by atoms with Crippen molar-refractivity contribution in [2.45, 2.75) is 38.5 Å². The Labute approximate surface area is 164 Å². The summed E-state index contributed by atoms with van der Waals surface area (Å²) < 4.78 is 16.4. The summed E-state index contributed by atoms with van der Waals surface area (Å²) in [7, 11) is 0. The van der Waals surface area contributed by atoms with Gasteiger partial charge in [0.1, 0.15) is 12.4 Å². The number of ether oxygens (including phenoxy) is 3. The molecule has 0 saturated carbocycles. The predicted octanol–water partition coefficient (Wildman–Crippen LogP) is 3.11. The predicted molar refractivity (Wildman–Crippen MR) is 104 cm³/mol. The van der Waals surface area contributed by atoms with E-state index < -0.39 is 12.1 Å². The van der Waals surface area contributed by atoms with E-state index in [1.54, 1.807) is 31.2 Å². The molecule has 2 aromatic carbocycles. The molecule has 0 aromatic heterocycles. The molecule has 1 saturated heterocycles. The van der Waals surface area contributed by atoms with Gasteiger partial charge in [0.25, 0.3) is 5.91 Å². The SMILES string of the molecule is C[C@@H](OC(=O)c1ccc(OC[C@H]2CCCO2)cc1)C(=O)NCc1ccccc1. The maximum absolute atomic E-state index is 12.2. The van der Waals surface area contributed by atoms with Crippen LogP contribution in [-0.2, 0) is 20.8 Å². The van der Waals surface area contributed by atoms with Crippen LogP contribution in [0.15, 0.2) is 54.6 Å². The van der Waals surface area contributed by atoms with Gasteiger partial charge in [0.05, 0.1) is 11.7 Å². The maximum Gasteiger partial charge on any atom is 0.338 e. The zero-order valence-electron chi connectivity index (χ0n) is 15.9. The molecule has 1 amide bonds. The summed E-state index contributed by atoms with van der Waals surface area (Å²) >= 11 is 0. The van der Waals surface area contributed by atoms with E-state index in [1.165, 1.54) is 0 Å². The van der Waals surface area contributed by atoms with E-state index in [1.807, 2.05) is 30.3 Å². The number of nitrogens with one attached hydrogen (secondary N) is 1. The van der Waals surface area contributed by atoms with Crippen molar-refractivity contribution >= 4 is 11.9 Å². The van der Waals surface area contributed by atoms with E-state index in [9.17, 15) is 9.59 Å². The molecule has 1 aliphatic rings. The zero-order valence-corrected chi connectivity index (χ0v) is 15.9. The van der Waals surface area contributed by atoms with Crippen LogP contribution >= 0.6 is 0 Å². The smallest absolute Gasteiger partial charge is 0.338 e. The Balaban J connectivity index is 1.44. The van der Waals surface area contributed by atoms with Gasteiger partial charge in [-0.15, -0.1) is 0 Å². The number of benzene rings is 2. The summed E-state index contributed by atoms with van der Waals surface area (Å²) in [6, 6.07) is 16.2. The van der Waals surface area contributed by atoms with Gasteiger partial charge < -0.3 is 19.5 Å². The average Bonchev–Trinajstić information content (AvgIpc) is 3.25. The summed E-state index contributed by atoms with van der Waals surface area (Å²) in [5.41, 5.74) is 1.35. The van der Waals surface area contributed by atoms with Gasteiger partial charge in [0.15, 0.2) is 6.10 Å². The fourth-order valence-electron chi connectivity index (χ4n) is 2.86. The molecular weight excluding hydrogens is 358 g/mol. The van der Waals surface area contributed by atoms with Crippen LogP contribution in [0.4, 0.5) is 0 Å². The first-order valence-corrected chi connectivity index (χ1v) is 9.49. The highest BCUT2D eigenvalue weighted by atomic mass is 16.5. The quantitative estimate of drug-likeness (QED) is 0.709. The average molecular weight is 383 g/mol. The monoisotopic (exact) mass is 383 g/mol. The highest BCUT2D eigenvalue weighted by molar-refractivity contribution is 5.92. The lowest BCUT2D eigenvalue weighted by Crippen LogP contribution is -2.35. The largest absolute Gasteiger partial charge is 0.491 e. The Hall–Kier alpha value is -2.86. The summed E-state index contributed by atoms with van der Waals surface area (Å²) in [5, 5.41) is 2.76. The van der Waals surface area contributed by atoms with E-state index in [0.717, 1.165) is 25.0 Å². The van der Waals surface area contributed by atoms with E-state index in [-0.39, 0.29) is 12.0 Å². The van der Waals surface area contributed by atoms with Gasteiger partial charge >= 0.3 is 5.97 Å². The van der Waals surface area contributed by atoms with Crippen LogP contribution < -0.4 is 10.1 Å². The molecule has 0 bridgehead atoms. The van der Waals surface area contributed by atoms with Crippen molar-refractivity contribution in [1.82, 2.24) is 5.32 Å². The Morgan fingerprint density at radius 2 is 1.89 bits per heavy atom. The van der Waals surface area contributed by atoms with Gasteiger partial charge in [-0.3, -0.25) is 4.79 Å². The van der Waals surface area contributed by atoms with Crippen LogP contribution in [0.5, 0.6) is 5.75 Å². The van der Waals surface area contributed by atoms with Crippen molar-refractivity contribution in [3.8, 4) is 5.75 Å². The topological polar surface area (TPSA) is 73.9 Å². The van der Waals surface area contributed by atoms with Crippen LogP contribution in [-0.4, -0.2) is 37.3 Å². The molecule has 3 rings (SSSR count). The van der Waals surface area contributed by atoms with Gasteiger partial charge in [0.2, 0.25) is 0 Å². The van der Waals surface area contributed by atoms with Gasteiger partial charge in [-0.05, 0) is 49.6 Å². The van der Waals surface area contributed by atoms with Crippen LogP contribution in [0.2, 0.25) is 0 Å². The molecule has 6 heteroatoms. The van der Waals surface area contributed by atoms with Gasteiger partial charge in [-0.25, -0.2) is 4.79 Å². The van der Waals surface area contributed by atoms with Crippen LogP contribution in [0.25, 0.3) is 0 Å². The number of amides is 1. The Kier molecular flexibility index (Phi) is 7.03. The Bertz CT molecular complexity index is 769. The minimum Gasteiger partial charge on any atom is -0.491 e. The molecule has 2 atom stereocenters. The van der Waals surface area contributed by atoms with Crippen molar-refractivity contribution in [3.63, 3.8) is 0 Å². The minimum absolute atomic E-state index is 0.139. The normalized spacial score (nSPS) is 17.0. The van der Waals surface area contributed by atoms with E-state index in [2.05, 4.69) is 5.32 Å². The number of carbonyl (C=O) groups is 2. The number of hydrogen-bond acceptors (Lipinski definition) is 5. The standard InChI is InChI=1S/C22H25NO5/c1-16(21(24)23-14-17-6-3-2-4-7-17)28-22(25)18-9-11-19(12-10-18)27-15-20-8-5-13-26-20/h2-4,6-7,9-12,16,20H,5,8,13-15H2,1H3,(H,23,24)/t16-,20-/m1/s1. The molecule has 6 nitrogen and oxygen atoms in total. The first kappa shape index (κ1) is 19.9. The lowest BCUT2D eigenvalue weighted by atomic mass is 10.2. The van der Waals surface area contributed by atoms with Crippen molar-refractivity contribution < 1.29 is 23.8 Å². The summed E-state index contributed by atoms with van der Waals surface area (Å²) in [5.74, 6) is -0.220. The number of rotatable bonds is 8. The van der Waals surface area contributed by atoms with Gasteiger partial charge in [-0.1, -0.05) is 30.3 Å². The lowest BCUT2D eigenvalue weighted by Gasteiger charge is -2.14. The van der Waals surface area contributed by atoms with E-state index >= 15 is 0 Å². The molecule has 0 radical (unpaired) electrons. The fourth-order valence-corrected chi connectivity index (χ4v) is 2.86. The number of hydrogen-bond donors (Lipinski definition) is 1. The van der Waals surface area contributed by atoms with Crippen molar-refractivity contribution in [2.24, 2.45) is 0 Å². The van der Waals surface area contributed by atoms with E-state index in [0.29, 0.717) is 24.5 Å². The van der Waals surface area contributed by atoms with Crippen LogP contribution in [0.3, 0.4) is 0 Å². The molecule has 1 fully saturated rings. The first-order valence-electron chi connectivity index (χ1n) is 9.49. The molecule has 1 heterocycles. The van der Waals surface area contributed by atoms with Crippen LogP contribution in [0.1, 0.15) is 35.7 Å². The van der Waals surface area contributed by atoms with E-state index in [4.69, 9.17) is 14.2 Å². The highest BCUT2D eigenvalue weighted by Crippen LogP contribution is 2.17. The second-order valence-corrected chi connectivity index (χ2v) is 6.72. The molecule has 2 aromatic rings. The summed E-state index contributed by atoms with van der Waals surface area (Å²) in [6.45, 7) is 3.23. The van der Waals surface area contributed by atoms with Gasteiger partial charge in [0, 0.05) is 13.2 Å². The fraction of sp³-hybridized carbons (Fsp3) is 0.364. The van der Waals surface area contributed by atoms with Crippen molar-refractivity contribution in [1.29, 1.82) is 0 Å². The molecule has 28 heavy (non-hydrogen) atoms. The zero-order chi connectivity index (χ0) is 19.8. The Morgan fingerprint density at radius 1 is 1.14 bits per heavy atom. The molecule has 0 unspecified atom stereocenters.